The molecule has 31 heavy (non-hydrogen) atoms. The minimum Gasteiger partial charge on any atom is -0.436 e. The highest BCUT2D eigenvalue weighted by Gasteiger charge is 2.35. The number of carbonyl (C=O) groups excluding carboxylic acids is 4. The Kier molecular flexibility index (Phi) is 7.13. The zero-order valence-corrected chi connectivity index (χ0v) is 16.8. The van der Waals surface area contributed by atoms with E-state index in [2.05, 4.69) is 10.1 Å². The number of Topliss-reactive ketones (excluding diaryl/α,β-unsaturated/α-hetero) is 1. The summed E-state index contributed by atoms with van der Waals surface area (Å²) >= 11 is 0. The Bertz CT molecular complexity index is 918. The number of rotatable bonds is 7. The highest BCUT2D eigenvalue weighted by Crippen LogP contribution is 2.24. The number of amides is 2. The molecule has 1 aromatic carbocycles. The molecule has 0 spiro atoms. The van der Waals surface area contributed by atoms with Crippen LogP contribution in [-0.2, 0) is 19.1 Å². The van der Waals surface area contributed by atoms with E-state index in [1.807, 2.05) is 0 Å². The second-order valence-electron chi connectivity index (χ2n) is 7.65. The molecule has 10 heteroatoms. The lowest BCUT2D eigenvalue weighted by Crippen LogP contribution is -2.45. The van der Waals surface area contributed by atoms with Gasteiger partial charge in [-0.15, -0.1) is 0 Å². The topological polar surface area (TPSA) is 139 Å². The highest BCUT2D eigenvalue weighted by atomic mass is 19.1. The number of cyclic esters (lactones) is 1. The first-order valence-corrected chi connectivity index (χ1v) is 9.89. The fraction of sp³-hybridized carbons (Fsp3) is 0.429. The van der Waals surface area contributed by atoms with Gasteiger partial charge in [-0.1, -0.05) is 18.2 Å². The van der Waals surface area contributed by atoms with Gasteiger partial charge in [-0.3, -0.25) is 19.2 Å². The van der Waals surface area contributed by atoms with Gasteiger partial charge in [0, 0.05) is 25.4 Å². The van der Waals surface area contributed by atoms with Crippen molar-refractivity contribution >= 4 is 23.6 Å². The van der Waals surface area contributed by atoms with Crippen molar-refractivity contribution in [3.63, 3.8) is 0 Å². The largest absolute Gasteiger partial charge is 0.436 e. The monoisotopic (exact) mass is 433 g/mol. The van der Waals surface area contributed by atoms with Crippen LogP contribution >= 0.6 is 0 Å². The fourth-order valence-corrected chi connectivity index (χ4v) is 3.55. The second-order valence-corrected chi connectivity index (χ2v) is 7.65. The minimum atomic E-state index is -1.33. The lowest BCUT2D eigenvalue weighted by atomic mass is 10.00. The van der Waals surface area contributed by atoms with Gasteiger partial charge in [0.25, 0.3) is 5.91 Å². The standard InChI is InChI=1S/C21H24FN3O6/c22-16-4-2-1-3-15(16)19(28)24-9-12-5-6-17(23)20(29)25(10-12)11-14(26)7-13-8-18(27)31-21(13)30/h1-5,13,17,21,30H,6-11,23H2,(H,24,28). The molecule has 0 radical (unpaired) electrons. The van der Waals surface area contributed by atoms with Crippen LogP contribution in [0.5, 0.6) is 0 Å². The third kappa shape index (κ3) is 5.74. The van der Waals surface area contributed by atoms with Gasteiger partial charge in [0.2, 0.25) is 12.2 Å². The number of hydrogen-bond donors (Lipinski definition) is 3. The summed E-state index contributed by atoms with van der Waals surface area (Å²) in [7, 11) is 0. The number of hydrogen-bond acceptors (Lipinski definition) is 7. The van der Waals surface area contributed by atoms with Crippen LogP contribution in [0, 0.1) is 11.7 Å². The first-order valence-electron chi connectivity index (χ1n) is 9.89. The Balaban J connectivity index is 1.59. The molecule has 2 amide bonds. The molecular weight excluding hydrogens is 409 g/mol. The van der Waals surface area contributed by atoms with E-state index in [0.717, 1.165) is 0 Å². The summed E-state index contributed by atoms with van der Waals surface area (Å²) in [5.41, 5.74) is 6.45. The smallest absolute Gasteiger partial charge is 0.308 e. The maximum absolute atomic E-state index is 13.8. The molecular formula is C21H24FN3O6. The average Bonchev–Trinajstić information content (AvgIpc) is 2.97. The number of aliphatic hydroxyl groups excluding tert-OH is 1. The first kappa shape index (κ1) is 22.6. The van der Waals surface area contributed by atoms with Gasteiger partial charge < -0.3 is 25.8 Å². The molecule has 0 saturated carbocycles. The molecule has 166 valence electrons. The highest BCUT2D eigenvalue weighted by molar-refractivity contribution is 5.94. The van der Waals surface area contributed by atoms with Crippen molar-refractivity contribution < 1.29 is 33.4 Å². The number of nitrogens with two attached hydrogens (primary N) is 1. The number of nitrogens with one attached hydrogen (secondary N) is 1. The van der Waals surface area contributed by atoms with Crippen molar-refractivity contribution in [2.24, 2.45) is 11.7 Å². The summed E-state index contributed by atoms with van der Waals surface area (Å²) in [4.78, 5) is 49.7. The molecule has 2 aliphatic rings. The maximum Gasteiger partial charge on any atom is 0.308 e. The molecule has 3 atom stereocenters. The van der Waals surface area contributed by atoms with Crippen molar-refractivity contribution in [1.82, 2.24) is 10.2 Å². The van der Waals surface area contributed by atoms with Crippen LogP contribution in [-0.4, -0.2) is 65.5 Å². The predicted octanol–water partition coefficient (Wildman–Crippen LogP) is -0.118. The van der Waals surface area contributed by atoms with E-state index in [0.29, 0.717) is 5.57 Å². The number of nitrogens with zero attached hydrogens (tertiary/aromatic N) is 1. The van der Waals surface area contributed by atoms with Crippen molar-refractivity contribution in [2.75, 3.05) is 19.6 Å². The third-order valence-electron chi connectivity index (χ3n) is 5.22. The summed E-state index contributed by atoms with van der Waals surface area (Å²) < 4.78 is 18.4. The van der Waals surface area contributed by atoms with Crippen LogP contribution in [0.2, 0.25) is 0 Å². The number of esters is 1. The maximum atomic E-state index is 13.8. The molecule has 3 rings (SSSR count). The number of aliphatic hydroxyl groups is 1. The Morgan fingerprint density at radius 1 is 1.29 bits per heavy atom. The van der Waals surface area contributed by atoms with Gasteiger partial charge in [-0.2, -0.15) is 0 Å². The van der Waals surface area contributed by atoms with E-state index in [1.54, 1.807) is 12.1 Å². The lowest BCUT2D eigenvalue weighted by molar-refractivity contribution is -0.156. The number of ether oxygens (including phenoxy) is 1. The van der Waals surface area contributed by atoms with Crippen LogP contribution in [0.3, 0.4) is 0 Å². The molecule has 1 aromatic rings. The minimum absolute atomic E-state index is 0.0571. The molecule has 9 nitrogen and oxygen atoms in total. The number of ketones is 1. The van der Waals surface area contributed by atoms with E-state index >= 15 is 0 Å². The molecule has 1 fully saturated rings. The molecule has 2 aliphatic heterocycles. The fourth-order valence-electron chi connectivity index (χ4n) is 3.55. The number of halogens is 1. The molecule has 0 aliphatic carbocycles. The van der Waals surface area contributed by atoms with Crippen molar-refractivity contribution in [3.8, 4) is 0 Å². The van der Waals surface area contributed by atoms with Crippen molar-refractivity contribution in [1.29, 1.82) is 0 Å². The van der Waals surface area contributed by atoms with Gasteiger partial charge in [-0.05, 0) is 24.1 Å². The first-order chi connectivity index (χ1) is 14.7. The zero-order chi connectivity index (χ0) is 22.5. The normalized spacial score (nSPS) is 23.8. The second kappa shape index (κ2) is 9.80. The molecule has 0 bridgehead atoms. The van der Waals surface area contributed by atoms with E-state index in [-0.39, 0.29) is 50.2 Å². The SMILES string of the molecule is NC1CC=C(CNC(=O)c2ccccc2F)CN(CC(=O)CC2CC(=O)OC2O)C1=O. The van der Waals surface area contributed by atoms with E-state index in [4.69, 9.17) is 5.73 Å². The molecule has 1 saturated heterocycles. The molecule has 3 unspecified atom stereocenters. The molecule has 0 aromatic heterocycles. The van der Waals surface area contributed by atoms with Crippen LogP contribution < -0.4 is 11.1 Å². The van der Waals surface area contributed by atoms with Crippen LogP contribution in [0.1, 0.15) is 29.6 Å². The summed E-state index contributed by atoms with van der Waals surface area (Å²) in [6, 6.07) is 4.74. The van der Waals surface area contributed by atoms with Crippen molar-refractivity contribution in [3.05, 3.63) is 47.3 Å². The van der Waals surface area contributed by atoms with Gasteiger partial charge in [0.1, 0.15) is 5.82 Å². The average molecular weight is 433 g/mol. The van der Waals surface area contributed by atoms with Gasteiger partial charge >= 0.3 is 5.97 Å². The van der Waals surface area contributed by atoms with E-state index < -0.39 is 41.9 Å². The van der Waals surface area contributed by atoms with Gasteiger partial charge in [-0.25, -0.2) is 4.39 Å². The van der Waals surface area contributed by atoms with Crippen molar-refractivity contribution in [2.45, 2.75) is 31.6 Å². The summed E-state index contributed by atoms with van der Waals surface area (Å²) in [5.74, 6) is -3.23. The van der Waals surface area contributed by atoms with Crippen LogP contribution in [0.15, 0.2) is 35.9 Å². The Morgan fingerprint density at radius 2 is 2.03 bits per heavy atom. The Hall–Kier alpha value is -3.11. The molecule has 2 heterocycles. The van der Waals surface area contributed by atoms with E-state index in [9.17, 15) is 28.7 Å². The summed E-state index contributed by atoms with van der Waals surface area (Å²) in [6.07, 6.45) is 0.449. The Labute approximate surface area is 178 Å². The van der Waals surface area contributed by atoms with Crippen LogP contribution in [0.25, 0.3) is 0 Å². The number of benzene rings is 1. The Morgan fingerprint density at radius 3 is 2.71 bits per heavy atom. The van der Waals surface area contributed by atoms with Gasteiger partial charge in [0.05, 0.1) is 24.6 Å². The zero-order valence-electron chi connectivity index (χ0n) is 16.8. The predicted molar refractivity (Wildman–Crippen MR) is 106 cm³/mol. The third-order valence-corrected chi connectivity index (χ3v) is 5.22. The van der Waals surface area contributed by atoms with Crippen LogP contribution in [0.4, 0.5) is 4.39 Å². The van der Waals surface area contributed by atoms with Gasteiger partial charge in [0.15, 0.2) is 5.78 Å². The van der Waals surface area contributed by atoms with E-state index in [1.165, 1.54) is 23.1 Å². The number of carbonyl (C=O) groups is 4. The molecule has 4 N–H and O–H groups in total. The quantitative estimate of drug-likeness (QED) is 0.402. The lowest BCUT2D eigenvalue weighted by Gasteiger charge is -2.24. The summed E-state index contributed by atoms with van der Waals surface area (Å²) in [6.45, 7) is -0.122. The summed E-state index contributed by atoms with van der Waals surface area (Å²) in [5, 5.41) is 12.3.